The number of nitrogens with one attached hydrogen (secondary N) is 1. The standard InChI is InChI=1S/C13H22BrN5/c1-3-5-18-6-8-19(9-7-18)12-11(14)10-16-13(17-12)15-4-2/h10H,3-9H2,1-2H3,(H,15,16,17). The molecule has 6 heteroatoms. The first-order valence-corrected chi connectivity index (χ1v) is 7.77. The van der Waals surface area contributed by atoms with Gasteiger partial charge in [-0.2, -0.15) is 4.98 Å². The van der Waals surface area contributed by atoms with E-state index >= 15 is 0 Å². The summed E-state index contributed by atoms with van der Waals surface area (Å²) >= 11 is 3.55. The van der Waals surface area contributed by atoms with Gasteiger partial charge in [-0.05, 0) is 35.8 Å². The van der Waals surface area contributed by atoms with Crippen LogP contribution in [-0.2, 0) is 0 Å². The highest BCUT2D eigenvalue weighted by molar-refractivity contribution is 9.10. The lowest BCUT2D eigenvalue weighted by Gasteiger charge is -2.35. The summed E-state index contributed by atoms with van der Waals surface area (Å²) in [5.41, 5.74) is 0. The van der Waals surface area contributed by atoms with Crippen LogP contribution >= 0.6 is 15.9 Å². The average Bonchev–Trinajstić information content (AvgIpc) is 2.43. The molecule has 1 aliphatic heterocycles. The number of piperazine rings is 1. The van der Waals surface area contributed by atoms with Crippen LogP contribution in [0.2, 0.25) is 0 Å². The van der Waals surface area contributed by atoms with Gasteiger partial charge in [-0.3, -0.25) is 4.90 Å². The van der Waals surface area contributed by atoms with E-state index in [9.17, 15) is 0 Å². The van der Waals surface area contributed by atoms with E-state index in [1.807, 2.05) is 6.20 Å². The summed E-state index contributed by atoms with van der Waals surface area (Å²) in [6.45, 7) is 10.6. The Morgan fingerprint density at radius 2 is 2.00 bits per heavy atom. The lowest BCUT2D eigenvalue weighted by atomic mass is 10.3. The van der Waals surface area contributed by atoms with Crippen LogP contribution in [0.4, 0.5) is 11.8 Å². The maximum atomic E-state index is 4.60. The molecule has 1 N–H and O–H groups in total. The van der Waals surface area contributed by atoms with Crippen molar-refractivity contribution in [1.29, 1.82) is 0 Å². The molecule has 5 nitrogen and oxygen atoms in total. The van der Waals surface area contributed by atoms with Crippen molar-refractivity contribution in [2.75, 3.05) is 49.5 Å². The van der Waals surface area contributed by atoms with Crippen molar-refractivity contribution in [2.45, 2.75) is 20.3 Å². The van der Waals surface area contributed by atoms with Gasteiger partial charge in [-0.1, -0.05) is 6.92 Å². The molecule has 0 saturated carbocycles. The molecule has 0 unspecified atom stereocenters. The molecule has 0 radical (unpaired) electrons. The molecule has 0 amide bonds. The van der Waals surface area contributed by atoms with E-state index < -0.39 is 0 Å². The van der Waals surface area contributed by atoms with Crippen LogP contribution in [0.15, 0.2) is 10.7 Å². The first-order valence-electron chi connectivity index (χ1n) is 6.98. The van der Waals surface area contributed by atoms with Crippen molar-refractivity contribution in [3.05, 3.63) is 10.7 Å². The van der Waals surface area contributed by atoms with Crippen molar-refractivity contribution < 1.29 is 0 Å². The summed E-state index contributed by atoms with van der Waals surface area (Å²) in [5.74, 6) is 1.71. The van der Waals surface area contributed by atoms with E-state index in [1.54, 1.807) is 0 Å². The molecule has 1 aromatic rings. The fourth-order valence-corrected chi connectivity index (χ4v) is 2.76. The highest BCUT2D eigenvalue weighted by Crippen LogP contribution is 2.25. The molecule has 1 saturated heterocycles. The summed E-state index contributed by atoms with van der Waals surface area (Å²) in [4.78, 5) is 13.7. The SMILES string of the molecule is CCCN1CCN(c2nc(NCC)ncc2Br)CC1. The fraction of sp³-hybridized carbons (Fsp3) is 0.692. The minimum absolute atomic E-state index is 0.705. The zero-order valence-electron chi connectivity index (χ0n) is 11.7. The Morgan fingerprint density at radius 1 is 1.26 bits per heavy atom. The van der Waals surface area contributed by atoms with Crippen molar-refractivity contribution in [3.63, 3.8) is 0 Å². The van der Waals surface area contributed by atoms with E-state index in [0.717, 1.165) is 43.0 Å². The van der Waals surface area contributed by atoms with Crippen molar-refractivity contribution >= 4 is 27.7 Å². The number of halogens is 1. The molecule has 2 heterocycles. The number of hydrogen-bond acceptors (Lipinski definition) is 5. The van der Waals surface area contributed by atoms with Gasteiger partial charge in [-0.25, -0.2) is 4.98 Å². The van der Waals surface area contributed by atoms with E-state index in [0.29, 0.717) is 5.95 Å². The number of aromatic nitrogens is 2. The Morgan fingerprint density at radius 3 is 2.63 bits per heavy atom. The largest absolute Gasteiger partial charge is 0.354 e. The van der Waals surface area contributed by atoms with Crippen LogP contribution in [-0.4, -0.2) is 54.1 Å². The van der Waals surface area contributed by atoms with Crippen LogP contribution < -0.4 is 10.2 Å². The molecule has 2 rings (SSSR count). The third-order valence-corrected chi connectivity index (χ3v) is 3.83. The summed E-state index contributed by atoms with van der Waals surface area (Å²) in [5, 5.41) is 3.16. The maximum Gasteiger partial charge on any atom is 0.224 e. The second kappa shape index (κ2) is 7.05. The van der Waals surface area contributed by atoms with Crippen LogP contribution in [0, 0.1) is 0 Å². The molecule has 0 bridgehead atoms. The van der Waals surface area contributed by atoms with Gasteiger partial charge in [0.2, 0.25) is 5.95 Å². The number of nitrogens with zero attached hydrogens (tertiary/aromatic N) is 4. The van der Waals surface area contributed by atoms with Gasteiger partial charge < -0.3 is 10.2 Å². The zero-order chi connectivity index (χ0) is 13.7. The smallest absolute Gasteiger partial charge is 0.224 e. The normalized spacial score (nSPS) is 16.7. The zero-order valence-corrected chi connectivity index (χ0v) is 13.3. The van der Waals surface area contributed by atoms with Gasteiger partial charge in [0, 0.05) is 38.9 Å². The summed E-state index contributed by atoms with van der Waals surface area (Å²) in [6.07, 6.45) is 3.06. The molecule has 1 aromatic heterocycles. The first kappa shape index (κ1) is 14.5. The van der Waals surface area contributed by atoms with Gasteiger partial charge in [-0.15, -0.1) is 0 Å². The summed E-state index contributed by atoms with van der Waals surface area (Å²) in [7, 11) is 0. The maximum absolute atomic E-state index is 4.60. The molecular weight excluding hydrogens is 306 g/mol. The predicted molar refractivity (Wildman–Crippen MR) is 82.8 cm³/mol. The molecular formula is C13H22BrN5. The van der Waals surface area contributed by atoms with E-state index in [-0.39, 0.29) is 0 Å². The van der Waals surface area contributed by atoms with Crippen LogP contribution in [0.5, 0.6) is 0 Å². The van der Waals surface area contributed by atoms with Gasteiger partial charge >= 0.3 is 0 Å². The van der Waals surface area contributed by atoms with E-state index in [1.165, 1.54) is 13.0 Å². The Balaban J connectivity index is 2.03. The third kappa shape index (κ3) is 3.79. The first-order chi connectivity index (χ1) is 9.24. The lowest BCUT2D eigenvalue weighted by Crippen LogP contribution is -2.47. The molecule has 0 aromatic carbocycles. The number of rotatable bonds is 5. The minimum atomic E-state index is 0.705. The van der Waals surface area contributed by atoms with Crippen LogP contribution in [0.3, 0.4) is 0 Å². The van der Waals surface area contributed by atoms with Gasteiger partial charge in [0.05, 0.1) is 4.47 Å². The monoisotopic (exact) mass is 327 g/mol. The predicted octanol–water partition coefficient (Wildman–Crippen LogP) is 2.20. The Labute approximate surface area is 123 Å². The molecule has 0 aliphatic carbocycles. The Hall–Kier alpha value is -0.880. The number of hydrogen-bond donors (Lipinski definition) is 1. The molecule has 106 valence electrons. The van der Waals surface area contributed by atoms with Gasteiger partial charge in [0.1, 0.15) is 5.82 Å². The summed E-state index contributed by atoms with van der Waals surface area (Å²) < 4.78 is 0.970. The van der Waals surface area contributed by atoms with Crippen LogP contribution in [0.1, 0.15) is 20.3 Å². The second-order valence-corrected chi connectivity index (χ2v) is 5.58. The average molecular weight is 328 g/mol. The van der Waals surface area contributed by atoms with Gasteiger partial charge in [0.25, 0.3) is 0 Å². The molecule has 0 atom stereocenters. The number of anilines is 2. The van der Waals surface area contributed by atoms with E-state index in [4.69, 9.17) is 0 Å². The van der Waals surface area contributed by atoms with Gasteiger partial charge in [0.15, 0.2) is 0 Å². The quantitative estimate of drug-likeness (QED) is 0.898. The molecule has 1 aliphatic rings. The highest BCUT2D eigenvalue weighted by Gasteiger charge is 2.19. The fourth-order valence-electron chi connectivity index (χ4n) is 2.32. The molecule has 19 heavy (non-hydrogen) atoms. The van der Waals surface area contributed by atoms with Crippen molar-refractivity contribution in [3.8, 4) is 0 Å². The van der Waals surface area contributed by atoms with E-state index in [2.05, 4.69) is 54.9 Å². The van der Waals surface area contributed by atoms with Crippen LogP contribution in [0.25, 0.3) is 0 Å². The molecule has 0 spiro atoms. The Bertz CT molecular complexity index is 404. The lowest BCUT2D eigenvalue weighted by molar-refractivity contribution is 0.258. The van der Waals surface area contributed by atoms with Crippen molar-refractivity contribution in [2.24, 2.45) is 0 Å². The van der Waals surface area contributed by atoms with Crippen molar-refractivity contribution in [1.82, 2.24) is 14.9 Å². The summed E-state index contributed by atoms with van der Waals surface area (Å²) in [6, 6.07) is 0. The second-order valence-electron chi connectivity index (χ2n) is 4.72. The Kier molecular flexibility index (Phi) is 5.39. The topological polar surface area (TPSA) is 44.3 Å². The minimum Gasteiger partial charge on any atom is -0.354 e. The third-order valence-electron chi connectivity index (χ3n) is 3.27. The highest BCUT2D eigenvalue weighted by atomic mass is 79.9. The molecule has 1 fully saturated rings.